The topological polar surface area (TPSA) is 40.5 Å². The summed E-state index contributed by atoms with van der Waals surface area (Å²) in [6, 6.07) is 10.8. The summed E-state index contributed by atoms with van der Waals surface area (Å²) in [6.07, 6.45) is 2.89. The van der Waals surface area contributed by atoms with E-state index in [0.717, 1.165) is 32.4 Å². The minimum atomic E-state index is -0.627. The van der Waals surface area contributed by atoms with Crippen molar-refractivity contribution >= 4 is 5.97 Å². The summed E-state index contributed by atoms with van der Waals surface area (Å²) in [5, 5.41) is 9.47. The molecule has 2 fully saturated rings. The number of hydrogen-bond donors (Lipinski definition) is 1. The van der Waals surface area contributed by atoms with Crippen LogP contribution in [0, 0.1) is 5.41 Å². The molecule has 1 aliphatic carbocycles. The van der Waals surface area contributed by atoms with Crippen molar-refractivity contribution in [2.24, 2.45) is 5.41 Å². The number of carboxylic acids is 1. The molecule has 0 bridgehead atoms. The lowest BCUT2D eigenvalue weighted by Crippen LogP contribution is -2.56. The average molecular weight is 259 g/mol. The quantitative estimate of drug-likeness (QED) is 0.907. The van der Waals surface area contributed by atoms with Crippen LogP contribution in [0.2, 0.25) is 0 Å². The SMILES string of the molecule is CC1(C(=O)O)CCCC1N1CC(c2ccccc2)C1. The van der Waals surface area contributed by atoms with Gasteiger partial charge in [-0.05, 0) is 25.3 Å². The summed E-state index contributed by atoms with van der Waals surface area (Å²) in [5.41, 5.74) is 0.843. The molecule has 102 valence electrons. The van der Waals surface area contributed by atoms with Gasteiger partial charge in [0.05, 0.1) is 5.41 Å². The van der Waals surface area contributed by atoms with E-state index >= 15 is 0 Å². The molecule has 0 radical (unpaired) electrons. The zero-order valence-electron chi connectivity index (χ0n) is 11.4. The highest BCUT2D eigenvalue weighted by molar-refractivity contribution is 5.75. The predicted octanol–water partition coefficient (Wildman–Crippen LogP) is 2.73. The number of benzene rings is 1. The summed E-state index contributed by atoms with van der Waals surface area (Å²) in [6.45, 7) is 3.94. The van der Waals surface area contributed by atoms with Gasteiger partial charge >= 0.3 is 5.97 Å². The van der Waals surface area contributed by atoms with Crippen LogP contribution in [0.15, 0.2) is 30.3 Å². The maximum atomic E-state index is 11.5. The number of rotatable bonds is 3. The summed E-state index contributed by atoms with van der Waals surface area (Å²) >= 11 is 0. The summed E-state index contributed by atoms with van der Waals surface area (Å²) < 4.78 is 0. The standard InChI is InChI=1S/C16H21NO2/c1-16(15(18)19)9-5-8-14(16)17-10-13(11-17)12-6-3-2-4-7-12/h2-4,6-7,13-14H,5,8-11H2,1H3,(H,18,19). The van der Waals surface area contributed by atoms with Gasteiger partial charge in [0.15, 0.2) is 0 Å². The van der Waals surface area contributed by atoms with E-state index in [2.05, 4.69) is 29.2 Å². The number of hydrogen-bond acceptors (Lipinski definition) is 2. The zero-order valence-corrected chi connectivity index (χ0v) is 11.4. The van der Waals surface area contributed by atoms with Crippen LogP contribution in [0.1, 0.15) is 37.7 Å². The normalized spacial score (nSPS) is 32.2. The lowest BCUT2D eigenvalue weighted by molar-refractivity contribution is -0.152. The van der Waals surface area contributed by atoms with Crippen LogP contribution in [-0.2, 0) is 4.79 Å². The van der Waals surface area contributed by atoms with Gasteiger partial charge in [-0.15, -0.1) is 0 Å². The zero-order chi connectivity index (χ0) is 13.5. The molecule has 19 heavy (non-hydrogen) atoms. The molecular formula is C16H21NO2. The molecule has 0 amide bonds. The molecule has 1 heterocycles. The minimum Gasteiger partial charge on any atom is -0.481 e. The highest BCUT2D eigenvalue weighted by Gasteiger charge is 2.50. The maximum Gasteiger partial charge on any atom is 0.310 e. The van der Waals surface area contributed by atoms with E-state index in [1.807, 2.05) is 13.0 Å². The monoisotopic (exact) mass is 259 g/mol. The van der Waals surface area contributed by atoms with Gasteiger partial charge in [-0.3, -0.25) is 9.69 Å². The summed E-state index contributed by atoms with van der Waals surface area (Å²) in [7, 11) is 0. The summed E-state index contributed by atoms with van der Waals surface area (Å²) in [4.78, 5) is 13.9. The minimum absolute atomic E-state index is 0.227. The van der Waals surface area contributed by atoms with E-state index in [9.17, 15) is 9.90 Å². The lowest BCUT2D eigenvalue weighted by atomic mass is 9.80. The molecule has 1 N–H and O–H groups in total. The fourth-order valence-electron chi connectivity index (χ4n) is 3.69. The molecule has 1 saturated heterocycles. The second-order valence-electron chi connectivity index (χ2n) is 6.19. The molecule has 1 aromatic carbocycles. The molecule has 2 unspecified atom stereocenters. The average Bonchev–Trinajstić information content (AvgIpc) is 2.73. The second-order valence-corrected chi connectivity index (χ2v) is 6.19. The molecule has 2 atom stereocenters. The molecule has 2 aliphatic rings. The van der Waals surface area contributed by atoms with Gasteiger partial charge in [0.2, 0.25) is 0 Å². The van der Waals surface area contributed by atoms with Gasteiger partial charge in [-0.2, -0.15) is 0 Å². The first-order chi connectivity index (χ1) is 9.11. The Morgan fingerprint density at radius 3 is 2.63 bits per heavy atom. The van der Waals surface area contributed by atoms with Gasteiger partial charge in [-0.25, -0.2) is 0 Å². The van der Waals surface area contributed by atoms with Gasteiger partial charge in [0, 0.05) is 25.0 Å². The third-order valence-corrected chi connectivity index (χ3v) is 5.02. The van der Waals surface area contributed by atoms with Gasteiger partial charge in [0.25, 0.3) is 0 Å². The highest BCUT2D eigenvalue weighted by Crippen LogP contribution is 2.44. The Labute approximate surface area is 114 Å². The van der Waals surface area contributed by atoms with Gasteiger partial charge < -0.3 is 5.11 Å². The van der Waals surface area contributed by atoms with Crippen LogP contribution in [0.25, 0.3) is 0 Å². The molecule has 0 spiro atoms. The Bertz CT molecular complexity index is 467. The third kappa shape index (κ3) is 2.06. The molecule has 3 heteroatoms. The van der Waals surface area contributed by atoms with Crippen LogP contribution < -0.4 is 0 Å². The number of carboxylic acid groups (broad SMARTS) is 1. The van der Waals surface area contributed by atoms with E-state index in [1.165, 1.54) is 5.56 Å². The molecule has 3 rings (SSSR count). The first kappa shape index (κ1) is 12.7. The maximum absolute atomic E-state index is 11.5. The first-order valence-electron chi connectivity index (χ1n) is 7.13. The van der Waals surface area contributed by atoms with Crippen molar-refractivity contribution < 1.29 is 9.90 Å². The lowest BCUT2D eigenvalue weighted by Gasteiger charge is -2.47. The fraction of sp³-hybridized carbons (Fsp3) is 0.562. The first-order valence-corrected chi connectivity index (χ1v) is 7.13. The van der Waals surface area contributed by atoms with Crippen molar-refractivity contribution in [2.75, 3.05) is 13.1 Å². The molecule has 1 aliphatic heterocycles. The fourth-order valence-corrected chi connectivity index (χ4v) is 3.69. The van der Waals surface area contributed by atoms with Crippen LogP contribution in [0.5, 0.6) is 0 Å². The van der Waals surface area contributed by atoms with E-state index in [-0.39, 0.29) is 6.04 Å². The third-order valence-electron chi connectivity index (χ3n) is 5.02. The van der Waals surface area contributed by atoms with Gasteiger partial charge in [-0.1, -0.05) is 36.8 Å². The smallest absolute Gasteiger partial charge is 0.310 e. The van der Waals surface area contributed by atoms with E-state index in [4.69, 9.17) is 0 Å². The van der Waals surface area contributed by atoms with Crippen molar-refractivity contribution in [2.45, 2.75) is 38.1 Å². The van der Waals surface area contributed by atoms with Crippen LogP contribution in [0.4, 0.5) is 0 Å². The van der Waals surface area contributed by atoms with Crippen molar-refractivity contribution in [3.05, 3.63) is 35.9 Å². The van der Waals surface area contributed by atoms with E-state index in [0.29, 0.717) is 5.92 Å². The van der Waals surface area contributed by atoms with E-state index in [1.54, 1.807) is 0 Å². The number of nitrogens with zero attached hydrogens (tertiary/aromatic N) is 1. The van der Waals surface area contributed by atoms with Crippen LogP contribution >= 0.6 is 0 Å². The molecule has 1 aromatic rings. The summed E-state index contributed by atoms with van der Waals surface area (Å²) in [5.74, 6) is -0.0435. The Balaban J connectivity index is 1.66. The van der Waals surface area contributed by atoms with E-state index < -0.39 is 11.4 Å². The number of aliphatic carboxylic acids is 1. The van der Waals surface area contributed by atoms with Crippen molar-refractivity contribution in [1.82, 2.24) is 4.90 Å². The van der Waals surface area contributed by atoms with Crippen LogP contribution in [-0.4, -0.2) is 35.1 Å². The predicted molar refractivity (Wildman–Crippen MR) is 74.1 cm³/mol. The Morgan fingerprint density at radius 2 is 2.00 bits per heavy atom. The molecule has 3 nitrogen and oxygen atoms in total. The van der Waals surface area contributed by atoms with Crippen LogP contribution in [0.3, 0.4) is 0 Å². The molecular weight excluding hydrogens is 238 g/mol. The van der Waals surface area contributed by atoms with Crippen molar-refractivity contribution in [3.63, 3.8) is 0 Å². The van der Waals surface area contributed by atoms with Crippen molar-refractivity contribution in [3.8, 4) is 0 Å². The number of carbonyl (C=O) groups is 1. The molecule has 1 saturated carbocycles. The van der Waals surface area contributed by atoms with Gasteiger partial charge in [0.1, 0.15) is 0 Å². The Hall–Kier alpha value is -1.35. The Kier molecular flexibility index (Phi) is 3.09. The van der Waals surface area contributed by atoms with Crippen molar-refractivity contribution in [1.29, 1.82) is 0 Å². The Morgan fingerprint density at radius 1 is 1.32 bits per heavy atom. The number of likely N-dealkylation sites (tertiary alicyclic amines) is 1. The largest absolute Gasteiger partial charge is 0.481 e. The highest BCUT2D eigenvalue weighted by atomic mass is 16.4. The molecule has 0 aromatic heterocycles. The second kappa shape index (κ2) is 4.64.